The van der Waals surface area contributed by atoms with E-state index in [2.05, 4.69) is 0 Å². The fourth-order valence-electron chi connectivity index (χ4n) is 2.58. The molecule has 0 atom stereocenters. The molecule has 2 N–H and O–H groups in total. The van der Waals surface area contributed by atoms with E-state index < -0.39 is 11.7 Å². The van der Waals surface area contributed by atoms with Gasteiger partial charge in [-0.15, -0.1) is 0 Å². The second-order valence-electron chi connectivity index (χ2n) is 5.13. The minimum Gasteiger partial charge on any atom is -0.463 e. The van der Waals surface area contributed by atoms with Crippen molar-refractivity contribution in [2.75, 3.05) is 0 Å². The first-order valence-electron chi connectivity index (χ1n) is 6.73. The maximum atomic E-state index is 14.1. The minimum atomic E-state index is -0.721. The smallest absolute Gasteiger partial charge is 0.261 e. The molecule has 0 bridgehead atoms. The van der Waals surface area contributed by atoms with Crippen molar-refractivity contribution in [3.8, 4) is 0 Å². The zero-order valence-corrected chi connectivity index (χ0v) is 14.3. The predicted octanol–water partition coefficient (Wildman–Crippen LogP) is 2.56. The number of aromatic nitrogens is 1. The molecule has 0 spiro atoms. The third-order valence-electron chi connectivity index (χ3n) is 3.74. The Morgan fingerprint density at radius 1 is 1.39 bits per heavy atom. The van der Waals surface area contributed by atoms with Crippen LogP contribution < -0.4 is 11.3 Å². The third kappa shape index (κ3) is 2.65. The number of nitrogens with zero attached hydrogens (tertiary/aromatic N) is 1. The summed E-state index contributed by atoms with van der Waals surface area (Å²) in [6.07, 6.45) is 1.39. The van der Waals surface area contributed by atoms with E-state index in [1.54, 1.807) is 12.1 Å². The monoisotopic (exact) mass is 426 g/mol. The molecule has 1 aromatic carbocycles. The minimum absolute atomic E-state index is 0.0589. The van der Waals surface area contributed by atoms with Gasteiger partial charge in [0, 0.05) is 22.7 Å². The van der Waals surface area contributed by atoms with Gasteiger partial charge in [0.1, 0.15) is 11.4 Å². The number of nitrogens with two attached hydrogens (primary N) is 1. The van der Waals surface area contributed by atoms with Crippen LogP contribution in [0, 0.1) is 9.39 Å². The Hall–Kier alpha value is -2.16. The summed E-state index contributed by atoms with van der Waals surface area (Å²) in [6.45, 7) is 0. The van der Waals surface area contributed by atoms with E-state index in [1.807, 2.05) is 22.6 Å². The average Bonchev–Trinajstić information content (AvgIpc) is 2.96. The highest BCUT2D eigenvalue weighted by molar-refractivity contribution is 14.1. The van der Waals surface area contributed by atoms with Crippen LogP contribution in [0.25, 0.3) is 11.0 Å². The highest BCUT2D eigenvalue weighted by atomic mass is 127. The summed E-state index contributed by atoms with van der Waals surface area (Å²) >= 11 is 2.01. The molecule has 0 saturated carbocycles. The van der Waals surface area contributed by atoms with Crippen LogP contribution >= 0.6 is 22.6 Å². The van der Waals surface area contributed by atoms with Crippen LogP contribution in [-0.2, 0) is 13.5 Å². The zero-order valence-electron chi connectivity index (χ0n) is 12.1. The quantitative estimate of drug-likeness (QED) is 0.655. The second kappa shape index (κ2) is 5.80. The van der Waals surface area contributed by atoms with Gasteiger partial charge in [0.2, 0.25) is 0 Å². The fourth-order valence-corrected chi connectivity index (χ4v) is 3.03. The van der Waals surface area contributed by atoms with Gasteiger partial charge in [-0.25, -0.2) is 4.39 Å². The summed E-state index contributed by atoms with van der Waals surface area (Å²) in [7, 11) is 1.53. The highest BCUT2D eigenvalue weighted by Crippen LogP contribution is 2.23. The SMILES string of the molecule is Cn1c(Cc2ccc(I)cc2F)c(C(N)=O)c2occc2c1=O. The Bertz CT molecular complexity index is 991. The number of halogens is 2. The number of benzene rings is 1. The van der Waals surface area contributed by atoms with Gasteiger partial charge in [-0.1, -0.05) is 6.07 Å². The summed E-state index contributed by atoms with van der Waals surface area (Å²) in [4.78, 5) is 24.2. The largest absolute Gasteiger partial charge is 0.463 e. The molecule has 5 nitrogen and oxygen atoms in total. The number of fused-ring (bicyclic) bond motifs is 1. The Morgan fingerprint density at radius 3 is 2.78 bits per heavy atom. The normalized spacial score (nSPS) is 11.1. The van der Waals surface area contributed by atoms with E-state index in [1.165, 1.54) is 30.0 Å². The van der Waals surface area contributed by atoms with Crippen LogP contribution in [0.4, 0.5) is 4.39 Å². The van der Waals surface area contributed by atoms with Crippen LogP contribution in [0.1, 0.15) is 21.6 Å². The molecule has 2 aromatic heterocycles. The summed E-state index contributed by atoms with van der Waals surface area (Å²) in [5.74, 6) is -1.12. The Kier molecular flexibility index (Phi) is 3.97. The number of hydrogen-bond acceptors (Lipinski definition) is 3. The van der Waals surface area contributed by atoms with Gasteiger partial charge in [0.15, 0.2) is 5.58 Å². The number of hydrogen-bond donors (Lipinski definition) is 1. The molecule has 1 amide bonds. The molecule has 3 aromatic rings. The van der Waals surface area contributed by atoms with E-state index in [0.717, 1.165) is 3.57 Å². The van der Waals surface area contributed by atoms with Crippen LogP contribution in [0.2, 0.25) is 0 Å². The van der Waals surface area contributed by atoms with Crippen molar-refractivity contribution in [1.82, 2.24) is 4.57 Å². The molecule has 7 heteroatoms. The summed E-state index contributed by atoms with van der Waals surface area (Å²) in [5.41, 5.74) is 6.08. The van der Waals surface area contributed by atoms with Crippen molar-refractivity contribution in [2.45, 2.75) is 6.42 Å². The number of amides is 1. The summed E-state index contributed by atoms with van der Waals surface area (Å²) in [6, 6.07) is 6.26. The number of carbonyl (C=O) groups is 1. The van der Waals surface area contributed by atoms with E-state index in [-0.39, 0.29) is 28.5 Å². The second-order valence-corrected chi connectivity index (χ2v) is 6.37. The molecule has 0 radical (unpaired) electrons. The number of furan rings is 1. The number of pyridine rings is 1. The van der Waals surface area contributed by atoms with Gasteiger partial charge in [-0.05, 0) is 46.4 Å². The molecule has 0 fully saturated rings. The van der Waals surface area contributed by atoms with Gasteiger partial charge in [0.05, 0.1) is 11.6 Å². The number of carbonyl (C=O) groups excluding carboxylic acids is 1. The maximum absolute atomic E-state index is 14.1. The molecule has 0 saturated heterocycles. The average molecular weight is 426 g/mol. The van der Waals surface area contributed by atoms with Gasteiger partial charge in [-0.2, -0.15) is 0 Å². The molecule has 3 rings (SSSR count). The zero-order chi connectivity index (χ0) is 16.7. The van der Waals surface area contributed by atoms with Crippen LogP contribution in [0.15, 0.2) is 39.7 Å². The molecule has 0 unspecified atom stereocenters. The number of primary amides is 1. The van der Waals surface area contributed by atoms with Gasteiger partial charge in [0.25, 0.3) is 11.5 Å². The van der Waals surface area contributed by atoms with Crippen LogP contribution in [0.3, 0.4) is 0 Å². The first kappa shape index (κ1) is 15.7. The lowest BCUT2D eigenvalue weighted by molar-refractivity contribution is 0.0999. The first-order chi connectivity index (χ1) is 10.9. The molecule has 118 valence electrons. The van der Waals surface area contributed by atoms with Crippen molar-refractivity contribution in [1.29, 1.82) is 0 Å². The first-order valence-corrected chi connectivity index (χ1v) is 7.81. The number of rotatable bonds is 3. The van der Waals surface area contributed by atoms with E-state index in [4.69, 9.17) is 10.2 Å². The van der Waals surface area contributed by atoms with Crippen molar-refractivity contribution in [3.05, 3.63) is 67.1 Å². The predicted molar refractivity (Wildman–Crippen MR) is 91.9 cm³/mol. The molecule has 2 heterocycles. The van der Waals surface area contributed by atoms with Crippen molar-refractivity contribution in [2.24, 2.45) is 12.8 Å². The Morgan fingerprint density at radius 2 is 2.13 bits per heavy atom. The topological polar surface area (TPSA) is 78.2 Å². The Balaban J connectivity index is 2.27. The lowest BCUT2D eigenvalue weighted by Gasteiger charge is -2.13. The summed E-state index contributed by atoms with van der Waals surface area (Å²) < 4.78 is 21.5. The van der Waals surface area contributed by atoms with E-state index >= 15 is 0 Å². The van der Waals surface area contributed by atoms with Gasteiger partial charge in [-0.3, -0.25) is 9.59 Å². The molecular formula is C16H12FIN2O3. The molecule has 0 aliphatic carbocycles. The molecule has 23 heavy (non-hydrogen) atoms. The molecule has 0 aliphatic heterocycles. The third-order valence-corrected chi connectivity index (χ3v) is 4.41. The van der Waals surface area contributed by atoms with Crippen molar-refractivity contribution < 1.29 is 13.6 Å². The lowest BCUT2D eigenvalue weighted by atomic mass is 10.0. The lowest BCUT2D eigenvalue weighted by Crippen LogP contribution is -2.26. The van der Waals surface area contributed by atoms with Crippen LogP contribution in [-0.4, -0.2) is 10.5 Å². The van der Waals surface area contributed by atoms with Crippen LogP contribution in [0.5, 0.6) is 0 Å². The fraction of sp³-hybridized carbons (Fsp3) is 0.125. The van der Waals surface area contributed by atoms with Gasteiger partial charge < -0.3 is 14.7 Å². The standard InChI is InChI=1S/C16H12FIN2O3/c1-20-12(6-8-2-3-9(18)7-11(8)17)13(15(19)21)14-10(16(20)22)4-5-23-14/h2-5,7H,6H2,1H3,(H2,19,21). The van der Waals surface area contributed by atoms with E-state index in [9.17, 15) is 14.0 Å². The Labute approximate surface area is 144 Å². The van der Waals surface area contributed by atoms with Crippen molar-refractivity contribution >= 4 is 39.5 Å². The summed E-state index contributed by atoms with van der Waals surface area (Å²) in [5, 5.41) is 0.271. The molecular weight excluding hydrogens is 414 g/mol. The van der Waals surface area contributed by atoms with E-state index in [0.29, 0.717) is 11.3 Å². The van der Waals surface area contributed by atoms with Gasteiger partial charge >= 0.3 is 0 Å². The molecule has 0 aliphatic rings. The van der Waals surface area contributed by atoms with Crippen molar-refractivity contribution in [3.63, 3.8) is 0 Å². The highest BCUT2D eigenvalue weighted by Gasteiger charge is 2.22. The maximum Gasteiger partial charge on any atom is 0.261 e.